The average Bonchev–Trinajstić information content (AvgIpc) is 2.94. The quantitative estimate of drug-likeness (QED) is 0.588. The Labute approximate surface area is 118 Å². The Kier molecular flexibility index (Phi) is 3.73. The Hall–Kier alpha value is -1.82. The van der Waals surface area contributed by atoms with E-state index in [-0.39, 0.29) is 0 Å². The van der Waals surface area contributed by atoms with Crippen LogP contribution in [0.4, 0.5) is 11.6 Å². The number of hydrazine groups is 1. The van der Waals surface area contributed by atoms with E-state index >= 15 is 0 Å². The van der Waals surface area contributed by atoms with Gasteiger partial charge in [0, 0.05) is 18.9 Å². The third-order valence-electron chi connectivity index (χ3n) is 4.34. The fourth-order valence-corrected chi connectivity index (χ4v) is 3.04. The highest BCUT2D eigenvalue weighted by molar-refractivity contribution is 5.65. The lowest BCUT2D eigenvalue weighted by molar-refractivity contribution is 0.268. The number of rotatable bonds is 4. The van der Waals surface area contributed by atoms with Crippen molar-refractivity contribution in [2.24, 2.45) is 17.7 Å². The molecular formula is C14H22N6. The first kappa shape index (κ1) is 13.2. The lowest BCUT2D eigenvalue weighted by Gasteiger charge is -2.29. The summed E-state index contributed by atoms with van der Waals surface area (Å²) in [6, 6.07) is 0. The topological polar surface area (TPSA) is 80.3 Å². The molecule has 1 aliphatic rings. The van der Waals surface area contributed by atoms with E-state index in [0.29, 0.717) is 5.82 Å². The molecule has 0 amide bonds. The number of hydrogen-bond acceptors (Lipinski definition) is 5. The fourth-order valence-electron chi connectivity index (χ4n) is 3.04. The van der Waals surface area contributed by atoms with Crippen LogP contribution in [0, 0.1) is 11.8 Å². The van der Waals surface area contributed by atoms with Crippen LogP contribution in [0.5, 0.6) is 0 Å². The van der Waals surface area contributed by atoms with Crippen LogP contribution in [0.3, 0.4) is 0 Å². The van der Waals surface area contributed by atoms with Crippen molar-refractivity contribution in [2.75, 3.05) is 17.3 Å². The van der Waals surface area contributed by atoms with Gasteiger partial charge in [0.05, 0.1) is 6.20 Å². The number of nitrogens with two attached hydrogens (primary N) is 1. The van der Waals surface area contributed by atoms with Crippen LogP contribution >= 0.6 is 0 Å². The highest BCUT2D eigenvalue weighted by Gasteiger charge is 2.21. The van der Waals surface area contributed by atoms with Crippen LogP contribution in [0.2, 0.25) is 0 Å². The normalized spacial score (nSPS) is 22.9. The second-order valence-corrected chi connectivity index (χ2v) is 5.68. The minimum absolute atomic E-state index is 0.634. The highest BCUT2D eigenvalue weighted by atomic mass is 15.3. The highest BCUT2D eigenvalue weighted by Crippen LogP contribution is 2.30. The van der Waals surface area contributed by atoms with Crippen molar-refractivity contribution >= 4 is 17.3 Å². The van der Waals surface area contributed by atoms with Crippen LogP contribution in [-0.2, 0) is 0 Å². The first-order chi connectivity index (χ1) is 9.78. The van der Waals surface area contributed by atoms with Crippen LogP contribution in [0.25, 0.3) is 5.65 Å². The number of aromatic nitrogens is 3. The molecule has 2 aromatic rings. The van der Waals surface area contributed by atoms with Crippen molar-refractivity contribution in [2.45, 2.75) is 32.6 Å². The second-order valence-electron chi connectivity index (χ2n) is 5.68. The number of anilines is 2. The molecule has 20 heavy (non-hydrogen) atoms. The van der Waals surface area contributed by atoms with Crippen LogP contribution in [0.15, 0.2) is 18.6 Å². The number of fused-ring (bicyclic) bond motifs is 1. The molecule has 4 N–H and O–H groups in total. The number of imidazole rings is 1. The molecule has 0 spiro atoms. The molecule has 0 aromatic carbocycles. The van der Waals surface area contributed by atoms with Crippen molar-refractivity contribution in [1.82, 2.24) is 14.4 Å². The summed E-state index contributed by atoms with van der Waals surface area (Å²) >= 11 is 0. The second kappa shape index (κ2) is 5.66. The fraction of sp³-hybridized carbons (Fsp3) is 0.571. The summed E-state index contributed by atoms with van der Waals surface area (Å²) in [7, 11) is 0. The predicted octanol–water partition coefficient (Wildman–Crippen LogP) is 2.25. The van der Waals surface area contributed by atoms with Gasteiger partial charge in [-0.05, 0) is 18.3 Å². The summed E-state index contributed by atoms with van der Waals surface area (Å²) < 4.78 is 1.93. The van der Waals surface area contributed by atoms with Gasteiger partial charge in [0.25, 0.3) is 0 Å². The lowest BCUT2D eigenvalue weighted by Crippen LogP contribution is -2.25. The van der Waals surface area contributed by atoms with Crippen molar-refractivity contribution in [1.29, 1.82) is 0 Å². The molecule has 0 radical (unpaired) electrons. The molecule has 2 heterocycles. The number of nitrogens with one attached hydrogen (secondary N) is 2. The SMILES string of the molecule is CC1CCCCC1CNc1nc(NN)cn2ccnc12. The van der Waals surface area contributed by atoms with Crippen molar-refractivity contribution in [3.8, 4) is 0 Å². The minimum Gasteiger partial charge on any atom is -0.367 e. The van der Waals surface area contributed by atoms with Crippen molar-refractivity contribution < 1.29 is 0 Å². The van der Waals surface area contributed by atoms with Crippen LogP contribution in [-0.4, -0.2) is 20.9 Å². The molecule has 6 heteroatoms. The summed E-state index contributed by atoms with van der Waals surface area (Å²) in [6.45, 7) is 3.30. The Balaban J connectivity index is 1.77. The summed E-state index contributed by atoms with van der Waals surface area (Å²) in [5.74, 6) is 8.39. The molecule has 0 saturated heterocycles. The molecule has 2 unspecified atom stereocenters. The van der Waals surface area contributed by atoms with E-state index in [9.17, 15) is 0 Å². The van der Waals surface area contributed by atoms with Gasteiger partial charge in [-0.25, -0.2) is 15.8 Å². The number of nitrogens with zero attached hydrogens (tertiary/aromatic N) is 3. The molecule has 3 rings (SSSR count). The van der Waals surface area contributed by atoms with Gasteiger partial charge >= 0.3 is 0 Å². The zero-order valence-electron chi connectivity index (χ0n) is 11.8. The molecule has 1 aliphatic carbocycles. The first-order valence-corrected chi connectivity index (χ1v) is 7.32. The van der Waals surface area contributed by atoms with Gasteiger partial charge in [-0.15, -0.1) is 0 Å². The monoisotopic (exact) mass is 274 g/mol. The van der Waals surface area contributed by atoms with Crippen LogP contribution in [0.1, 0.15) is 32.6 Å². The van der Waals surface area contributed by atoms with E-state index in [1.807, 2.05) is 16.8 Å². The summed E-state index contributed by atoms with van der Waals surface area (Å²) in [5, 5.41) is 3.46. The van der Waals surface area contributed by atoms with E-state index in [1.165, 1.54) is 25.7 Å². The molecule has 2 atom stereocenters. The Morgan fingerprint density at radius 2 is 2.25 bits per heavy atom. The number of nitrogen functional groups attached to an aromatic ring is 1. The maximum absolute atomic E-state index is 5.47. The largest absolute Gasteiger partial charge is 0.367 e. The maximum Gasteiger partial charge on any atom is 0.180 e. The van der Waals surface area contributed by atoms with Gasteiger partial charge in [0.2, 0.25) is 0 Å². The lowest BCUT2D eigenvalue weighted by atomic mass is 9.80. The van der Waals surface area contributed by atoms with E-state index in [0.717, 1.165) is 29.8 Å². The van der Waals surface area contributed by atoms with Crippen LogP contribution < -0.4 is 16.6 Å². The summed E-state index contributed by atoms with van der Waals surface area (Å²) in [5.41, 5.74) is 3.44. The van der Waals surface area contributed by atoms with Gasteiger partial charge in [-0.2, -0.15) is 0 Å². The molecular weight excluding hydrogens is 252 g/mol. The zero-order chi connectivity index (χ0) is 13.9. The smallest absolute Gasteiger partial charge is 0.180 e. The van der Waals surface area contributed by atoms with E-state index in [1.54, 1.807) is 6.20 Å². The molecule has 6 nitrogen and oxygen atoms in total. The maximum atomic E-state index is 5.47. The molecule has 0 aliphatic heterocycles. The van der Waals surface area contributed by atoms with Gasteiger partial charge in [-0.1, -0.05) is 26.2 Å². The predicted molar refractivity (Wildman–Crippen MR) is 80.4 cm³/mol. The average molecular weight is 274 g/mol. The van der Waals surface area contributed by atoms with E-state index < -0.39 is 0 Å². The summed E-state index contributed by atoms with van der Waals surface area (Å²) in [6.07, 6.45) is 10.8. The van der Waals surface area contributed by atoms with Gasteiger partial charge in [0.15, 0.2) is 17.3 Å². The Morgan fingerprint density at radius 3 is 3.05 bits per heavy atom. The van der Waals surface area contributed by atoms with Crippen molar-refractivity contribution in [3.63, 3.8) is 0 Å². The number of hydrogen-bond donors (Lipinski definition) is 3. The zero-order valence-corrected chi connectivity index (χ0v) is 11.8. The Bertz CT molecular complexity index is 578. The summed E-state index contributed by atoms with van der Waals surface area (Å²) in [4.78, 5) is 8.82. The van der Waals surface area contributed by atoms with Gasteiger partial charge in [-0.3, -0.25) is 0 Å². The third kappa shape index (κ3) is 2.56. The molecule has 1 fully saturated rings. The molecule has 1 saturated carbocycles. The van der Waals surface area contributed by atoms with Crippen molar-refractivity contribution in [3.05, 3.63) is 18.6 Å². The Morgan fingerprint density at radius 1 is 1.40 bits per heavy atom. The molecule has 2 aromatic heterocycles. The van der Waals surface area contributed by atoms with E-state index in [4.69, 9.17) is 5.84 Å². The first-order valence-electron chi connectivity index (χ1n) is 7.32. The van der Waals surface area contributed by atoms with E-state index in [2.05, 4.69) is 27.6 Å². The van der Waals surface area contributed by atoms with Gasteiger partial charge < -0.3 is 15.1 Å². The molecule has 0 bridgehead atoms. The molecule has 108 valence electrons. The standard InChI is InChI=1S/C14H22N6/c1-10-4-2-3-5-11(10)8-17-13-14-16-6-7-20(14)9-12(18-13)19-15/h6-7,9-11,19H,2-5,8,15H2,1H3,(H,17,18). The van der Waals surface area contributed by atoms with Gasteiger partial charge in [0.1, 0.15) is 0 Å². The minimum atomic E-state index is 0.634. The third-order valence-corrected chi connectivity index (χ3v) is 4.34.